The summed E-state index contributed by atoms with van der Waals surface area (Å²) in [5.74, 6) is -4.43. The summed E-state index contributed by atoms with van der Waals surface area (Å²) >= 11 is 0. The Morgan fingerprint density at radius 3 is 2.00 bits per heavy atom. The Bertz CT molecular complexity index is 1930. The molecule has 1 aliphatic heterocycles. The number of nitrogens with zero attached hydrogens (tertiary/aromatic N) is 1. The number of halogens is 1. The van der Waals surface area contributed by atoms with Crippen molar-refractivity contribution in [2.45, 2.75) is 90.0 Å². The quantitative estimate of drug-likeness (QED) is 0.166. The Kier molecular flexibility index (Phi) is 14.0. The van der Waals surface area contributed by atoms with Crippen molar-refractivity contribution in [3.8, 4) is 11.1 Å². The SMILES string of the molecule is COC(=O)[C@@H](NC(=O)[C@@H](NC(=O)[C@@H]1CCCN1C(=O)[C@H](Cc1cccc(F)c1)NC(=O)[C@H](C)NC(=O)OCC1c2ccccc2-c2ccccc21)C(C)C)C(C)C. The lowest BCUT2D eigenvalue weighted by molar-refractivity contribution is -0.147. The van der Waals surface area contributed by atoms with E-state index in [9.17, 15) is 33.2 Å². The molecule has 14 heteroatoms. The first kappa shape index (κ1) is 42.4. The maximum atomic E-state index is 14.3. The van der Waals surface area contributed by atoms with Gasteiger partial charge in [-0.3, -0.25) is 19.2 Å². The number of hydrogen-bond acceptors (Lipinski definition) is 8. The van der Waals surface area contributed by atoms with E-state index in [0.29, 0.717) is 18.4 Å². The minimum Gasteiger partial charge on any atom is -0.467 e. The highest BCUT2D eigenvalue weighted by molar-refractivity contribution is 5.96. The molecule has 0 aromatic heterocycles. The molecule has 304 valence electrons. The summed E-state index contributed by atoms with van der Waals surface area (Å²) in [6, 6.07) is 16.1. The van der Waals surface area contributed by atoms with Gasteiger partial charge in [-0.1, -0.05) is 88.4 Å². The molecule has 2 aliphatic rings. The van der Waals surface area contributed by atoms with E-state index < -0.39 is 71.7 Å². The fourth-order valence-electron chi connectivity index (χ4n) is 7.43. The fourth-order valence-corrected chi connectivity index (χ4v) is 7.43. The summed E-state index contributed by atoms with van der Waals surface area (Å²) in [6.45, 7) is 8.67. The van der Waals surface area contributed by atoms with Gasteiger partial charge in [0.25, 0.3) is 0 Å². The Morgan fingerprint density at radius 2 is 1.40 bits per heavy atom. The second kappa shape index (κ2) is 18.9. The van der Waals surface area contributed by atoms with Crippen molar-refractivity contribution in [2.24, 2.45) is 11.8 Å². The number of likely N-dealkylation sites (tertiary alicyclic amines) is 1. The number of fused-ring (bicyclic) bond motifs is 3. The summed E-state index contributed by atoms with van der Waals surface area (Å²) in [5, 5.41) is 10.7. The van der Waals surface area contributed by atoms with Crippen LogP contribution in [-0.2, 0) is 39.9 Å². The average molecular weight is 786 g/mol. The Balaban J connectivity index is 1.25. The zero-order chi connectivity index (χ0) is 41.4. The molecule has 5 amide bonds. The van der Waals surface area contributed by atoms with Crippen molar-refractivity contribution >= 4 is 35.7 Å². The van der Waals surface area contributed by atoms with Crippen LogP contribution < -0.4 is 21.3 Å². The molecule has 5 atom stereocenters. The lowest BCUT2D eigenvalue weighted by Crippen LogP contribution is -2.59. The van der Waals surface area contributed by atoms with Crippen molar-refractivity contribution in [2.75, 3.05) is 20.3 Å². The number of benzene rings is 3. The van der Waals surface area contributed by atoms with Gasteiger partial charge in [0.1, 0.15) is 42.6 Å². The van der Waals surface area contributed by atoms with Crippen LogP contribution in [0.15, 0.2) is 72.8 Å². The maximum absolute atomic E-state index is 14.3. The molecule has 1 saturated heterocycles. The van der Waals surface area contributed by atoms with Crippen LogP contribution in [0.4, 0.5) is 9.18 Å². The molecule has 57 heavy (non-hydrogen) atoms. The average Bonchev–Trinajstić information content (AvgIpc) is 3.80. The number of carbonyl (C=O) groups is 6. The zero-order valence-corrected chi connectivity index (χ0v) is 33.2. The summed E-state index contributed by atoms with van der Waals surface area (Å²) in [7, 11) is 1.23. The fraction of sp³-hybridized carbons (Fsp3) is 0.442. The first-order valence-electron chi connectivity index (χ1n) is 19.4. The molecule has 5 rings (SSSR count). The third-order valence-electron chi connectivity index (χ3n) is 10.5. The van der Waals surface area contributed by atoms with E-state index in [-0.39, 0.29) is 37.3 Å². The van der Waals surface area contributed by atoms with Crippen molar-refractivity contribution < 1.29 is 42.6 Å². The van der Waals surface area contributed by atoms with Gasteiger partial charge in [-0.25, -0.2) is 14.0 Å². The van der Waals surface area contributed by atoms with E-state index in [1.807, 2.05) is 48.5 Å². The van der Waals surface area contributed by atoms with Crippen LogP contribution >= 0.6 is 0 Å². The summed E-state index contributed by atoms with van der Waals surface area (Å²) in [4.78, 5) is 81.7. The second-order valence-corrected chi connectivity index (χ2v) is 15.3. The van der Waals surface area contributed by atoms with E-state index >= 15 is 0 Å². The predicted molar refractivity (Wildman–Crippen MR) is 210 cm³/mol. The molecular weight excluding hydrogens is 733 g/mol. The van der Waals surface area contributed by atoms with Crippen LogP contribution in [0.3, 0.4) is 0 Å². The van der Waals surface area contributed by atoms with Gasteiger partial charge in [0.15, 0.2) is 0 Å². The third-order valence-corrected chi connectivity index (χ3v) is 10.5. The van der Waals surface area contributed by atoms with Gasteiger partial charge in [0.2, 0.25) is 23.6 Å². The minimum absolute atomic E-state index is 0.0379. The van der Waals surface area contributed by atoms with Gasteiger partial charge in [0.05, 0.1) is 7.11 Å². The van der Waals surface area contributed by atoms with Gasteiger partial charge in [-0.05, 0) is 71.6 Å². The molecule has 1 fully saturated rings. The number of esters is 1. The van der Waals surface area contributed by atoms with Gasteiger partial charge in [0, 0.05) is 18.9 Å². The summed E-state index contributed by atoms with van der Waals surface area (Å²) < 4.78 is 24.7. The largest absolute Gasteiger partial charge is 0.467 e. The van der Waals surface area contributed by atoms with E-state index in [4.69, 9.17) is 9.47 Å². The smallest absolute Gasteiger partial charge is 0.407 e. The Hall–Kier alpha value is -5.79. The molecule has 0 radical (unpaired) electrons. The second-order valence-electron chi connectivity index (χ2n) is 15.3. The first-order valence-corrected chi connectivity index (χ1v) is 19.4. The number of rotatable bonds is 15. The Labute approximate surface area is 332 Å². The molecule has 0 saturated carbocycles. The van der Waals surface area contributed by atoms with Crippen LogP contribution in [-0.4, -0.2) is 91.1 Å². The first-order chi connectivity index (χ1) is 27.2. The van der Waals surface area contributed by atoms with Gasteiger partial charge in [-0.15, -0.1) is 0 Å². The number of alkyl carbamates (subject to hydrolysis) is 1. The number of methoxy groups -OCH3 is 1. The molecule has 0 unspecified atom stereocenters. The number of ether oxygens (including phenoxy) is 2. The van der Waals surface area contributed by atoms with E-state index in [1.165, 1.54) is 37.1 Å². The molecule has 13 nitrogen and oxygen atoms in total. The lowest BCUT2D eigenvalue weighted by atomic mass is 9.98. The standard InChI is InChI=1S/C43H52FN5O8/c1-24(2)36(40(52)48-37(25(3)4)42(54)56-6)47-39(51)35-19-12-20-49(35)41(53)34(22-27-13-11-14-28(44)21-27)46-38(50)26(5)45-43(55)57-23-33-31-17-9-7-15-29(31)30-16-8-10-18-32(30)33/h7-11,13-18,21,24-26,33-37H,12,19-20,22-23H2,1-6H3,(H,45,55)(H,46,50)(H,47,51)(H,48,52)/t26-,34-,35-,36-,37-/m0/s1. The number of amides is 5. The molecular formula is C43H52FN5O8. The Morgan fingerprint density at radius 1 is 0.772 bits per heavy atom. The predicted octanol–water partition coefficient (Wildman–Crippen LogP) is 4.23. The third kappa shape index (κ3) is 10.2. The molecule has 1 heterocycles. The van der Waals surface area contributed by atoms with Crippen molar-refractivity contribution in [3.63, 3.8) is 0 Å². The van der Waals surface area contributed by atoms with Gasteiger partial charge < -0.3 is 35.6 Å². The normalized spacial score (nSPS) is 16.8. The highest BCUT2D eigenvalue weighted by Crippen LogP contribution is 2.44. The van der Waals surface area contributed by atoms with E-state index in [0.717, 1.165) is 22.3 Å². The van der Waals surface area contributed by atoms with E-state index in [2.05, 4.69) is 21.3 Å². The molecule has 3 aromatic carbocycles. The number of nitrogens with one attached hydrogen (secondary N) is 4. The monoisotopic (exact) mass is 785 g/mol. The molecule has 4 N–H and O–H groups in total. The van der Waals surface area contributed by atoms with Crippen LogP contribution in [0, 0.1) is 17.7 Å². The van der Waals surface area contributed by atoms with Crippen molar-refractivity contribution in [3.05, 3.63) is 95.3 Å². The van der Waals surface area contributed by atoms with Crippen molar-refractivity contribution in [1.82, 2.24) is 26.2 Å². The molecule has 3 aromatic rings. The van der Waals surface area contributed by atoms with Gasteiger partial charge >= 0.3 is 12.1 Å². The van der Waals surface area contributed by atoms with Crippen LogP contribution in [0.1, 0.15) is 70.1 Å². The number of hydrogen-bond donors (Lipinski definition) is 4. The molecule has 0 spiro atoms. The summed E-state index contributed by atoms with van der Waals surface area (Å²) in [5.41, 5.74) is 4.63. The molecule has 0 bridgehead atoms. The van der Waals surface area contributed by atoms with Crippen molar-refractivity contribution in [1.29, 1.82) is 0 Å². The van der Waals surface area contributed by atoms with Gasteiger partial charge in [-0.2, -0.15) is 0 Å². The highest BCUT2D eigenvalue weighted by Gasteiger charge is 2.40. The minimum atomic E-state index is -1.24. The lowest BCUT2D eigenvalue weighted by Gasteiger charge is -2.31. The summed E-state index contributed by atoms with van der Waals surface area (Å²) in [6.07, 6.45) is -0.160. The molecule has 1 aliphatic carbocycles. The highest BCUT2D eigenvalue weighted by atomic mass is 19.1. The van der Waals surface area contributed by atoms with Crippen LogP contribution in [0.5, 0.6) is 0 Å². The van der Waals surface area contributed by atoms with E-state index in [1.54, 1.807) is 33.8 Å². The maximum Gasteiger partial charge on any atom is 0.407 e. The van der Waals surface area contributed by atoms with Crippen LogP contribution in [0.25, 0.3) is 11.1 Å². The number of carbonyl (C=O) groups excluding carboxylic acids is 6. The zero-order valence-electron chi connectivity index (χ0n) is 33.2. The topological polar surface area (TPSA) is 172 Å². The van der Waals surface area contributed by atoms with Crippen LogP contribution in [0.2, 0.25) is 0 Å².